The fourth-order valence-electron chi connectivity index (χ4n) is 3.03. The van der Waals surface area contributed by atoms with E-state index in [1.165, 1.54) is 50.5 Å². The van der Waals surface area contributed by atoms with Crippen LogP contribution in [0.3, 0.4) is 0 Å². The van der Waals surface area contributed by atoms with Gasteiger partial charge in [0, 0.05) is 6.20 Å². The van der Waals surface area contributed by atoms with Gasteiger partial charge in [0.1, 0.15) is 0 Å². The van der Waals surface area contributed by atoms with Crippen molar-refractivity contribution >= 4 is 11.6 Å². The van der Waals surface area contributed by atoms with Crippen LogP contribution in [0.25, 0.3) is 0 Å². The van der Waals surface area contributed by atoms with Crippen LogP contribution in [0.4, 0.5) is 18.9 Å². The fraction of sp³-hybridized carbons (Fsp3) is 0.238. The van der Waals surface area contributed by atoms with Crippen LogP contribution in [0, 0.1) is 0 Å². The average Bonchev–Trinajstić information content (AvgIpc) is 3.18. The summed E-state index contributed by atoms with van der Waals surface area (Å²) in [7, 11) is 4.30. The van der Waals surface area contributed by atoms with Gasteiger partial charge in [0.25, 0.3) is 5.91 Å². The van der Waals surface area contributed by atoms with E-state index in [9.17, 15) is 18.0 Å². The van der Waals surface area contributed by atoms with Gasteiger partial charge < -0.3 is 19.5 Å². The number of amides is 1. The van der Waals surface area contributed by atoms with Gasteiger partial charge in [0.05, 0.1) is 50.9 Å². The third kappa shape index (κ3) is 4.90. The van der Waals surface area contributed by atoms with E-state index in [4.69, 9.17) is 14.2 Å². The van der Waals surface area contributed by atoms with E-state index in [0.717, 1.165) is 12.1 Å². The molecule has 0 radical (unpaired) electrons. The average molecular weight is 435 g/mol. The summed E-state index contributed by atoms with van der Waals surface area (Å²) in [5, 5.41) is 6.78. The molecule has 2 aromatic carbocycles. The Morgan fingerprint density at radius 2 is 1.81 bits per heavy atom. The smallest absolute Gasteiger partial charge is 0.416 e. The first-order chi connectivity index (χ1) is 14.8. The van der Waals surface area contributed by atoms with Crippen molar-refractivity contribution in [1.29, 1.82) is 0 Å². The number of hydrogen-bond donors (Lipinski definition) is 1. The van der Waals surface area contributed by atoms with Crippen molar-refractivity contribution in [2.45, 2.75) is 12.7 Å². The number of carbonyl (C=O) groups excluding carboxylic acids is 1. The molecule has 0 saturated carbocycles. The number of nitrogens with zero attached hydrogens (tertiary/aromatic N) is 2. The SMILES string of the molecule is COc1ccc(C(=O)Nc2cnn(Cc3cccc(C(F)(F)F)c3)c2)c(OC)c1OC. The lowest BCUT2D eigenvalue weighted by Gasteiger charge is -2.15. The second kappa shape index (κ2) is 8.99. The van der Waals surface area contributed by atoms with Gasteiger partial charge in [-0.15, -0.1) is 0 Å². The van der Waals surface area contributed by atoms with Gasteiger partial charge in [-0.25, -0.2) is 0 Å². The first-order valence-corrected chi connectivity index (χ1v) is 9.05. The number of aromatic nitrogens is 2. The molecule has 0 atom stereocenters. The third-order valence-electron chi connectivity index (χ3n) is 4.44. The van der Waals surface area contributed by atoms with E-state index in [1.807, 2.05) is 0 Å². The molecule has 1 heterocycles. The Balaban J connectivity index is 1.77. The molecule has 31 heavy (non-hydrogen) atoms. The first-order valence-electron chi connectivity index (χ1n) is 9.05. The molecule has 0 saturated heterocycles. The number of carbonyl (C=O) groups is 1. The molecule has 10 heteroatoms. The van der Waals surface area contributed by atoms with E-state index in [-0.39, 0.29) is 23.6 Å². The van der Waals surface area contributed by atoms with E-state index in [1.54, 1.807) is 12.1 Å². The molecule has 0 aliphatic rings. The van der Waals surface area contributed by atoms with Crippen molar-refractivity contribution < 1.29 is 32.2 Å². The minimum Gasteiger partial charge on any atom is -0.493 e. The molecule has 0 fully saturated rings. The van der Waals surface area contributed by atoms with Crippen LogP contribution in [0.1, 0.15) is 21.5 Å². The van der Waals surface area contributed by atoms with Gasteiger partial charge >= 0.3 is 6.18 Å². The maximum Gasteiger partial charge on any atom is 0.416 e. The summed E-state index contributed by atoms with van der Waals surface area (Å²) < 4.78 is 55.9. The predicted molar refractivity (Wildman–Crippen MR) is 107 cm³/mol. The number of nitrogens with one attached hydrogen (secondary N) is 1. The van der Waals surface area contributed by atoms with Crippen molar-refractivity contribution in [1.82, 2.24) is 9.78 Å². The number of alkyl halides is 3. The van der Waals surface area contributed by atoms with Gasteiger partial charge in [-0.05, 0) is 29.8 Å². The van der Waals surface area contributed by atoms with Gasteiger partial charge in [-0.1, -0.05) is 12.1 Å². The monoisotopic (exact) mass is 435 g/mol. The molecule has 0 aliphatic heterocycles. The van der Waals surface area contributed by atoms with Crippen molar-refractivity contribution in [2.75, 3.05) is 26.6 Å². The van der Waals surface area contributed by atoms with Gasteiger partial charge in [-0.3, -0.25) is 9.48 Å². The van der Waals surface area contributed by atoms with Crippen molar-refractivity contribution in [2.24, 2.45) is 0 Å². The van der Waals surface area contributed by atoms with E-state index in [2.05, 4.69) is 10.4 Å². The summed E-state index contributed by atoms with van der Waals surface area (Å²) >= 11 is 0. The van der Waals surface area contributed by atoms with E-state index < -0.39 is 17.6 Å². The lowest BCUT2D eigenvalue weighted by atomic mass is 10.1. The highest BCUT2D eigenvalue weighted by Gasteiger charge is 2.30. The largest absolute Gasteiger partial charge is 0.493 e. The Hall–Kier alpha value is -3.69. The van der Waals surface area contributed by atoms with Crippen molar-refractivity contribution in [3.63, 3.8) is 0 Å². The minimum atomic E-state index is -4.42. The predicted octanol–water partition coefficient (Wildman–Crippen LogP) is 4.23. The van der Waals surface area contributed by atoms with Crippen LogP contribution in [-0.4, -0.2) is 37.0 Å². The lowest BCUT2D eigenvalue weighted by molar-refractivity contribution is -0.137. The summed E-state index contributed by atoms with van der Waals surface area (Å²) in [5.41, 5.74) is 0.281. The zero-order valence-corrected chi connectivity index (χ0v) is 17.0. The van der Waals surface area contributed by atoms with Crippen LogP contribution >= 0.6 is 0 Å². The van der Waals surface area contributed by atoms with Crippen LogP contribution in [0.15, 0.2) is 48.8 Å². The Morgan fingerprint density at radius 1 is 1.06 bits per heavy atom. The molecule has 0 unspecified atom stereocenters. The number of ether oxygens (including phenoxy) is 3. The van der Waals surface area contributed by atoms with Crippen LogP contribution in [-0.2, 0) is 12.7 Å². The van der Waals surface area contributed by atoms with E-state index in [0.29, 0.717) is 17.0 Å². The molecule has 0 bridgehead atoms. The summed E-state index contributed by atoms with van der Waals surface area (Å²) in [6.45, 7) is 0.111. The summed E-state index contributed by atoms with van der Waals surface area (Å²) in [5.74, 6) is 0.412. The second-order valence-electron chi connectivity index (χ2n) is 6.46. The Bertz CT molecular complexity index is 1080. The van der Waals surface area contributed by atoms with Gasteiger partial charge in [-0.2, -0.15) is 18.3 Å². The first kappa shape index (κ1) is 22.0. The highest BCUT2D eigenvalue weighted by molar-refractivity contribution is 6.06. The molecule has 3 rings (SSSR count). The van der Waals surface area contributed by atoms with Crippen LogP contribution in [0.5, 0.6) is 17.2 Å². The molecule has 1 N–H and O–H groups in total. The summed E-state index contributed by atoms with van der Waals surface area (Å²) in [6.07, 6.45) is -1.50. The molecule has 7 nitrogen and oxygen atoms in total. The number of anilines is 1. The molecular formula is C21H20F3N3O4. The number of halogens is 3. The topological polar surface area (TPSA) is 74.6 Å². The fourth-order valence-corrected chi connectivity index (χ4v) is 3.03. The molecule has 0 spiro atoms. The highest BCUT2D eigenvalue weighted by Crippen LogP contribution is 2.40. The van der Waals surface area contributed by atoms with Gasteiger partial charge in [0.15, 0.2) is 11.5 Å². The maximum atomic E-state index is 12.9. The van der Waals surface area contributed by atoms with Crippen LogP contribution < -0.4 is 19.5 Å². The Labute approximate surface area is 176 Å². The molecule has 3 aromatic rings. The standard InChI is InChI=1S/C21H20F3N3O4/c1-29-17-8-7-16(18(30-2)19(17)31-3)20(28)26-15-10-25-27(12-15)11-13-5-4-6-14(9-13)21(22,23)24/h4-10,12H,11H2,1-3H3,(H,26,28). The third-order valence-corrected chi connectivity index (χ3v) is 4.44. The zero-order valence-electron chi connectivity index (χ0n) is 17.0. The Morgan fingerprint density at radius 3 is 2.45 bits per heavy atom. The zero-order chi connectivity index (χ0) is 22.6. The van der Waals surface area contributed by atoms with Crippen LogP contribution in [0.2, 0.25) is 0 Å². The molecule has 164 valence electrons. The number of methoxy groups -OCH3 is 3. The number of benzene rings is 2. The second-order valence-corrected chi connectivity index (χ2v) is 6.46. The molecule has 1 aromatic heterocycles. The quantitative estimate of drug-likeness (QED) is 0.601. The molecule has 1 amide bonds. The molecule has 0 aliphatic carbocycles. The summed E-state index contributed by atoms with van der Waals surface area (Å²) in [4.78, 5) is 12.7. The Kier molecular flexibility index (Phi) is 6.38. The highest BCUT2D eigenvalue weighted by atomic mass is 19.4. The van der Waals surface area contributed by atoms with E-state index >= 15 is 0 Å². The van der Waals surface area contributed by atoms with Gasteiger partial charge in [0.2, 0.25) is 5.75 Å². The normalized spacial score (nSPS) is 11.2. The molecular weight excluding hydrogens is 415 g/mol. The number of rotatable bonds is 7. The van der Waals surface area contributed by atoms with Crippen molar-refractivity contribution in [3.8, 4) is 17.2 Å². The maximum absolute atomic E-state index is 12.9. The lowest BCUT2D eigenvalue weighted by Crippen LogP contribution is -2.13. The van der Waals surface area contributed by atoms with Crippen molar-refractivity contribution in [3.05, 3.63) is 65.5 Å². The minimum absolute atomic E-state index is 0.111. The number of hydrogen-bond acceptors (Lipinski definition) is 5. The summed E-state index contributed by atoms with van der Waals surface area (Å²) in [6, 6.07) is 8.09.